The van der Waals surface area contributed by atoms with Gasteiger partial charge in [-0.1, -0.05) is 23.7 Å². The molecule has 0 unspecified atom stereocenters. The number of carbonyl (C=O) groups excluding carboxylic acids is 2. The van der Waals surface area contributed by atoms with Gasteiger partial charge in [0.25, 0.3) is 11.8 Å². The summed E-state index contributed by atoms with van der Waals surface area (Å²) in [6.07, 6.45) is 6.15. The lowest BCUT2D eigenvalue weighted by molar-refractivity contribution is -0.115. The first-order valence-electron chi connectivity index (χ1n) is 11.4. The Bertz CT molecular complexity index is 1370. The second kappa shape index (κ2) is 10.2. The third-order valence-corrected chi connectivity index (χ3v) is 7.27. The second-order valence-corrected chi connectivity index (χ2v) is 10.0. The van der Waals surface area contributed by atoms with E-state index in [1.807, 2.05) is 36.4 Å². The zero-order valence-corrected chi connectivity index (χ0v) is 20.3. The van der Waals surface area contributed by atoms with E-state index in [2.05, 4.69) is 20.6 Å². The summed E-state index contributed by atoms with van der Waals surface area (Å²) >= 11 is 7.55. The lowest BCUT2D eigenvalue weighted by atomic mass is 9.93. The van der Waals surface area contributed by atoms with Gasteiger partial charge in [-0.2, -0.15) is 0 Å². The van der Waals surface area contributed by atoms with E-state index in [4.69, 9.17) is 11.6 Å². The fourth-order valence-corrected chi connectivity index (χ4v) is 5.15. The van der Waals surface area contributed by atoms with E-state index in [9.17, 15) is 14.7 Å². The van der Waals surface area contributed by atoms with Crippen LogP contribution in [0.25, 0.3) is 17.0 Å². The highest BCUT2D eigenvalue weighted by molar-refractivity contribution is 8.18. The Morgan fingerprint density at radius 3 is 2.83 bits per heavy atom. The van der Waals surface area contributed by atoms with Gasteiger partial charge in [-0.15, -0.1) is 0 Å². The number of amidine groups is 1. The highest BCUT2D eigenvalue weighted by Crippen LogP contribution is 2.32. The minimum Gasteiger partial charge on any atom is -0.393 e. The maximum Gasteiger partial charge on any atom is 0.264 e. The van der Waals surface area contributed by atoms with Crippen molar-refractivity contribution >= 4 is 63.0 Å². The first-order chi connectivity index (χ1) is 16.9. The van der Waals surface area contributed by atoms with Gasteiger partial charge in [0.2, 0.25) is 0 Å². The molecule has 2 heterocycles. The van der Waals surface area contributed by atoms with Crippen LogP contribution in [0.2, 0.25) is 5.02 Å². The number of thioether (sulfide) groups is 1. The Kier molecular flexibility index (Phi) is 6.86. The molecular weight excluding hydrogens is 484 g/mol. The third-order valence-electron chi connectivity index (χ3n) is 6.04. The number of amides is 2. The fourth-order valence-electron chi connectivity index (χ4n) is 4.15. The van der Waals surface area contributed by atoms with Gasteiger partial charge in [-0.25, -0.2) is 4.99 Å². The van der Waals surface area contributed by atoms with Crippen molar-refractivity contribution in [2.24, 2.45) is 4.99 Å². The van der Waals surface area contributed by atoms with Crippen molar-refractivity contribution in [3.8, 4) is 0 Å². The molecule has 2 aliphatic rings. The molecule has 0 radical (unpaired) electrons. The van der Waals surface area contributed by atoms with E-state index in [1.165, 1.54) is 11.8 Å². The lowest BCUT2D eigenvalue weighted by Gasteiger charge is -2.26. The topological polar surface area (TPSA) is 104 Å². The molecule has 7 nitrogen and oxygen atoms in total. The van der Waals surface area contributed by atoms with Crippen LogP contribution in [-0.2, 0) is 4.79 Å². The van der Waals surface area contributed by atoms with E-state index in [1.54, 1.807) is 24.4 Å². The van der Waals surface area contributed by atoms with Crippen LogP contribution in [0.3, 0.4) is 0 Å². The average molecular weight is 507 g/mol. The van der Waals surface area contributed by atoms with Gasteiger partial charge >= 0.3 is 0 Å². The highest BCUT2D eigenvalue weighted by Gasteiger charge is 2.25. The Balaban J connectivity index is 1.32. The van der Waals surface area contributed by atoms with E-state index in [0.717, 1.165) is 29.3 Å². The van der Waals surface area contributed by atoms with Crippen molar-refractivity contribution in [3.63, 3.8) is 0 Å². The van der Waals surface area contributed by atoms with Gasteiger partial charge in [-0.3, -0.25) is 14.6 Å². The Morgan fingerprint density at radius 1 is 1.17 bits per heavy atom. The normalized spacial score (nSPS) is 22.5. The predicted octanol–water partition coefficient (Wildman–Crippen LogP) is 4.81. The number of aliphatic hydroxyl groups is 1. The van der Waals surface area contributed by atoms with Crippen molar-refractivity contribution in [2.75, 3.05) is 0 Å². The molecule has 1 aliphatic carbocycles. The number of aromatic nitrogens is 1. The van der Waals surface area contributed by atoms with Crippen LogP contribution in [0.1, 0.15) is 41.6 Å². The summed E-state index contributed by atoms with van der Waals surface area (Å²) in [5.74, 6) is -0.455. The third kappa shape index (κ3) is 5.56. The maximum absolute atomic E-state index is 12.7. The number of aliphatic hydroxyl groups excluding tert-OH is 1. The number of benzene rings is 2. The van der Waals surface area contributed by atoms with Gasteiger partial charge in [0.15, 0.2) is 5.17 Å². The zero-order chi connectivity index (χ0) is 24.4. The van der Waals surface area contributed by atoms with Crippen molar-refractivity contribution in [2.45, 2.75) is 37.8 Å². The van der Waals surface area contributed by atoms with E-state index in [0.29, 0.717) is 39.2 Å². The van der Waals surface area contributed by atoms with Crippen LogP contribution in [0.15, 0.2) is 64.6 Å². The van der Waals surface area contributed by atoms with Crippen LogP contribution in [0.5, 0.6) is 0 Å². The summed E-state index contributed by atoms with van der Waals surface area (Å²) in [4.78, 5) is 34.6. The van der Waals surface area contributed by atoms with Crippen molar-refractivity contribution < 1.29 is 14.7 Å². The molecule has 9 heteroatoms. The van der Waals surface area contributed by atoms with E-state index in [-0.39, 0.29) is 24.0 Å². The molecule has 2 aromatic carbocycles. The molecule has 5 rings (SSSR count). The Labute approximate surface area is 211 Å². The summed E-state index contributed by atoms with van der Waals surface area (Å²) in [5.41, 5.74) is 2.62. The van der Waals surface area contributed by atoms with Crippen molar-refractivity contribution in [3.05, 3.63) is 75.8 Å². The number of hydrogen-bond acceptors (Lipinski definition) is 6. The molecule has 0 bridgehead atoms. The smallest absolute Gasteiger partial charge is 0.264 e. The summed E-state index contributed by atoms with van der Waals surface area (Å²) in [5, 5.41) is 17.2. The molecule has 2 amide bonds. The van der Waals surface area contributed by atoms with Crippen LogP contribution < -0.4 is 10.6 Å². The SMILES string of the molecule is O=C1NC(=Nc2cc(C(=O)NC3CCC(O)CC3)ccc2Cl)S/C1=C\c1ccc2ncccc2c1. The molecule has 1 aliphatic heterocycles. The average Bonchev–Trinajstić information content (AvgIpc) is 3.20. The molecule has 35 heavy (non-hydrogen) atoms. The maximum atomic E-state index is 12.7. The number of hydrogen-bond donors (Lipinski definition) is 3. The number of halogens is 1. The number of pyridine rings is 1. The minimum absolute atomic E-state index is 0.0413. The van der Waals surface area contributed by atoms with Gasteiger partial charge < -0.3 is 15.7 Å². The summed E-state index contributed by atoms with van der Waals surface area (Å²) < 4.78 is 0. The number of carbonyl (C=O) groups is 2. The molecule has 178 valence electrons. The molecular formula is C26H23ClN4O3S. The molecule has 3 N–H and O–H groups in total. The molecule has 3 aromatic rings. The van der Waals surface area contributed by atoms with Crippen molar-refractivity contribution in [1.29, 1.82) is 0 Å². The fraction of sp³-hybridized carbons (Fsp3) is 0.231. The summed E-state index contributed by atoms with van der Waals surface area (Å²) in [6.45, 7) is 0. The lowest BCUT2D eigenvalue weighted by Crippen LogP contribution is -2.38. The first-order valence-corrected chi connectivity index (χ1v) is 12.6. The first kappa shape index (κ1) is 23.5. The van der Waals surface area contributed by atoms with Crippen molar-refractivity contribution in [1.82, 2.24) is 15.6 Å². The number of aliphatic imine (C=N–C) groups is 1. The Morgan fingerprint density at radius 2 is 2.00 bits per heavy atom. The van der Waals surface area contributed by atoms with Gasteiger partial charge in [0.1, 0.15) is 0 Å². The van der Waals surface area contributed by atoms with E-state index < -0.39 is 0 Å². The molecule has 0 spiro atoms. The monoisotopic (exact) mass is 506 g/mol. The Hall–Kier alpha value is -3.20. The number of nitrogens with one attached hydrogen (secondary N) is 2. The highest BCUT2D eigenvalue weighted by atomic mass is 35.5. The van der Waals surface area contributed by atoms with Crippen LogP contribution in [-0.4, -0.2) is 39.2 Å². The van der Waals surface area contributed by atoms with Crippen LogP contribution in [0, 0.1) is 0 Å². The quantitative estimate of drug-likeness (QED) is 0.440. The van der Waals surface area contributed by atoms with Gasteiger partial charge in [-0.05, 0) is 85.5 Å². The molecule has 1 aromatic heterocycles. The predicted molar refractivity (Wildman–Crippen MR) is 140 cm³/mol. The van der Waals surface area contributed by atoms with Gasteiger partial charge in [0, 0.05) is 23.2 Å². The zero-order valence-electron chi connectivity index (χ0n) is 18.7. The summed E-state index contributed by atoms with van der Waals surface area (Å²) in [7, 11) is 0. The van der Waals surface area contributed by atoms with E-state index >= 15 is 0 Å². The standard InChI is InChI=1S/C26H23ClN4O3S/c27-20-9-4-17(24(33)29-18-5-7-19(32)8-6-18)14-22(20)30-26-31-25(34)23(35-26)13-15-3-10-21-16(12-15)2-1-11-28-21/h1-4,9-14,18-19,32H,5-8H2,(H,29,33)(H,30,31,34)/b23-13-. The molecule has 2 fully saturated rings. The molecule has 1 saturated heterocycles. The second-order valence-electron chi connectivity index (χ2n) is 8.58. The van der Waals surface area contributed by atoms with Crippen LogP contribution in [0.4, 0.5) is 5.69 Å². The largest absolute Gasteiger partial charge is 0.393 e. The molecule has 0 atom stereocenters. The molecule has 1 saturated carbocycles. The number of fused-ring (bicyclic) bond motifs is 1. The van der Waals surface area contributed by atoms with Gasteiger partial charge in [0.05, 0.1) is 27.2 Å². The number of rotatable bonds is 4. The summed E-state index contributed by atoms with van der Waals surface area (Å²) in [6, 6.07) is 14.6. The number of nitrogens with zero attached hydrogens (tertiary/aromatic N) is 2. The van der Waals surface area contributed by atoms with Crippen LogP contribution >= 0.6 is 23.4 Å². The minimum atomic E-state index is -0.280.